The van der Waals surface area contributed by atoms with Crippen LogP contribution in [0.5, 0.6) is 11.5 Å². The van der Waals surface area contributed by atoms with E-state index in [0.717, 1.165) is 16.0 Å². The van der Waals surface area contributed by atoms with Gasteiger partial charge in [0.2, 0.25) is 0 Å². The van der Waals surface area contributed by atoms with Crippen molar-refractivity contribution >= 4 is 62.9 Å². The summed E-state index contributed by atoms with van der Waals surface area (Å²) in [5.41, 5.74) is 1.96. The smallest absolute Gasteiger partial charge is 0.339 e. The summed E-state index contributed by atoms with van der Waals surface area (Å²) in [5, 5.41) is 2.69. The van der Waals surface area contributed by atoms with Gasteiger partial charge >= 0.3 is 16.1 Å². The van der Waals surface area contributed by atoms with Crippen LogP contribution < -0.4 is 19.1 Å². The lowest BCUT2D eigenvalue weighted by molar-refractivity contribution is -0.122. The second-order valence-electron chi connectivity index (χ2n) is 9.41. The van der Waals surface area contributed by atoms with Gasteiger partial charge in [-0.1, -0.05) is 59.1 Å². The third-order valence-electron chi connectivity index (χ3n) is 6.29. The summed E-state index contributed by atoms with van der Waals surface area (Å²) >= 11 is 12.2. The molecule has 4 amide bonds. The van der Waals surface area contributed by atoms with Gasteiger partial charge in [0, 0.05) is 5.02 Å². The predicted molar refractivity (Wildman–Crippen MR) is 162 cm³/mol. The van der Waals surface area contributed by atoms with Crippen molar-refractivity contribution in [2.24, 2.45) is 0 Å². The Morgan fingerprint density at radius 2 is 1.53 bits per heavy atom. The van der Waals surface area contributed by atoms with Crippen LogP contribution in [-0.2, 0) is 26.3 Å². The Morgan fingerprint density at radius 3 is 2.19 bits per heavy atom. The van der Waals surface area contributed by atoms with Crippen molar-refractivity contribution in [1.29, 1.82) is 0 Å². The Bertz CT molecular complexity index is 1860. The number of rotatable bonds is 8. The number of hydrogen-bond donors (Lipinski definition) is 1. The number of nitrogens with zero attached hydrogens (tertiary/aromatic N) is 1. The molecule has 0 bridgehead atoms. The molecule has 0 radical (unpaired) electrons. The van der Waals surface area contributed by atoms with Gasteiger partial charge in [0.15, 0.2) is 5.75 Å². The monoisotopic (exact) mass is 636 g/mol. The molecule has 43 heavy (non-hydrogen) atoms. The number of hydrogen-bond acceptors (Lipinski definition) is 7. The maximum atomic E-state index is 13.3. The quantitative estimate of drug-likeness (QED) is 0.137. The molecule has 4 aromatic carbocycles. The molecule has 0 aliphatic carbocycles. The number of barbiturate groups is 1. The van der Waals surface area contributed by atoms with Crippen molar-refractivity contribution < 1.29 is 31.7 Å². The predicted octanol–water partition coefficient (Wildman–Crippen LogP) is 6.31. The van der Waals surface area contributed by atoms with E-state index in [0.29, 0.717) is 16.3 Å². The van der Waals surface area contributed by atoms with Gasteiger partial charge in [0.05, 0.1) is 10.7 Å². The zero-order valence-corrected chi connectivity index (χ0v) is 24.7. The fraction of sp³-hybridized carbons (Fsp3) is 0.0645. The second kappa shape index (κ2) is 12.3. The highest BCUT2D eigenvalue weighted by atomic mass is 35.5. The van der Waals surface area contributed by atoms with Crippen molar-refractivity contribution in [3.63, 3.8) is 0 Å². The SMILES string of the molecule is Cc1ccc(S(=O)(=O)Oc2ccc(/C=C3\C(=O)NC(=O)N(c4ccc(OCc5ccc(Cl)cc5)cc4)C3=O)cc2Cl)cc1. The van der Waals surface area contributed by atoms with Crippen LogP contribution in [0.4, 0.5) is 10.5 Å². The number of carbonyl (C=O) groups excluding carboxylic acids is 3. The van der Waals surface area contributed by atoms with Gasteiger partial charge in [-0.25, -0.2) is 9.69 Å². The van der Waals surface area contributed by atoms with Crippen LogP contribution in [0.3, 0.4) is 0 Å². The molecule has 9 nitrogen and oxygen atoms in total. The van der Waals surface area contributed by atoms with E-state index in [1.54, 1.807) is 36.4 Å². The maximum Gasteiger partial charge on any atom is 0.339 e. The molecule has 1 aliphatic rings. The summed E-state index contributed by atoms with van der Waals surface area (Å²) in [6, 6.07) is 22.6. The summed E-state index contributed by atoms with van der Waals surface area (Å²) in [7, 11) is -4.15. The average Bonchev–Trinajstić information content (AvgIpc) is 2.97. The fourth-order valence-electron chi connectivity index (χ4n) is 4.04. The molecule has 0 saturated carbocycles. The van der Waals surface area contributed by atoms with E-state index in [2.05, 4.69) is 5.32 Å². The van der Waals surface area contributed by atoms with Crippen molar-refractivity contribution in [3.8, 4) is 11.5 Å². The van der Waals surface area contributed by atoms with E-state index >= 15 is 0 Å². The van der Waals surface area contributed by atoms with Crippen molar-refractivity contribution in [1.82, 2.24) is 5.32 Å². The van der Waals surface area contributed by atoms with Gasteiger partial charge in [0.1, 0.15) is 22.8 Å². The number of amides is 4. The van der Waals surface area contributed by atoms with Crippen LogP contribution in [0, 0.1) is 6.92 Å². The lowest BCUT2D eigenvalue weighted by Gasteiger charge is -2.26. The van der Waals surface area contributed by atoms with Crippen molar-refractivity contribution in [2.45, 2.75) is 18.4 Å². The van der Waals surface area contributed by atoms with Crippen molar-refractivity contribution in [2.75, 3.05) is 4.90 Å². The van der Waals surface area contributed by atoms with Crippen LogP contribution in [0.1, 0.15) is 16.7 Å². The van der Waals surface area contributed by atoms with Gasteiger partial charge in [-0.2, -0.15) is 8.42 Å². The molecule has 0 atom stereocenters. The minimum absolute atomic E-state index is 0.0456. The Balaban J connectivity index is 1.32. The molecule has 1 N–H and O–H groups in total. The summed E-state index contributed by atoms with van der Waals surface area (Å²) in [6.07, 6.45) is 1.24. The molecular formula is C31H22Cl2N2O7S. The molecule has 12 heteroatoms. The summed E-state index contributed by atoms with van der Waals surface area (Å²) in [5.74, 6) is -1.40. The number of imide groups is 2. The lowest BCUT2D eigenvalue weighted by atomic mass is 10.1. The first-order chi connectivity index (χ1) is 20.5. The molecular weight excluding hydrogens is 615 g/mol. The largest absolute Gasteiger partial charge is 0.489 e. The minimum Gasteiger partial charge on any atom is -0.489 e. The number of ether oxygens (including phenoxy) is 1. The van der Waals surface area contributed by atoms with E-state index in [1.165, 1.54) is 48.5 Å². The lowest BCUT2D eigenvalue weighted by Crippen LogP contribution is -2.54. The molecule has 1 fully saturated rings. The van der Waals surface area contributed by atoms with Gasteiger partial charge in [-0.3, -0.25) is 14.9 Å². The van der Waals surface area contributed by atoms with E-state index in [9.17, 15) is 22.8 Å². The summed E-state index contributed by atoms with van der Waals surface area (Å²) in [4.78, 5) is 39.3. The number of halogens is 2. The van der Waals surface area contributed by atoms with Gasteiger partial charge in [0.25, 0.3) is 11.8 Å². The first-order valence-electron chi connectivity index (χ1n) is 12.7. The number of urea groups is 1. The fourth-order valence-corrected chi connectivity index (χ4v) is 5.39. The zero-order valence-electron chi connectivity index (χ0n) is 22.4. The number of benzene rings is 4. The van der Waals surface area contributed by atoms with Crippen LogP contribution in [0.2, 0.25) is 10.0 Å². The number of carbonyl (C=O) groups is 3. The Kier molecular flexibility index (Phi) is 8.54. The van der Waals surface area contributed by atoms with E-state index < -0.39 is 28.0 Å². The highest BCUT2D eigenvalue weighted by Gasteiger charge is 2.36. The van der Waals surface area contributed by atoms with Gasteiger partial charge in [-0.05, 0) is 84.8 Å². The number of anilines is 1. The third-order valence-corrected chi connectivity index (χ3v) is 8.09. The second-order valence-corrected chi connectivity index (χ2v) is 11.8. The zero-order chi connectivity index (χ0) is 30.7. The average molecular weight is 637 g/mol. The third kappa shape index (κ3) is 6.89. The first kappa shape index (κ1) is 29.8. The normalized spacial score (nSPS) is 14.5. The maximum absolute atomic E-state index is 13.3. The molecule has 0 spiro atoms. The van der Waals surface area contributed by atoms with Gasteiger partial charge < -0.3 is 8.92 Å². The Hall–Kier alpha value is -4.64. The first-order valence-corrected chi connectivity index (χ1v) is 14.9. The minimum atomic E-state index is -4.15. The summed E-state index contributed by atoms with van der Waals surface area (Å²) < 4.78 is 36.2. The van der Waals surface area contributed by atoms with Crippen LogP contribution in [0.15, 0.2) is 101 Å². The van der Waals surface area contributed by atoms with Crippen LogP contribution in [-0.4, -0.2) is 26.3 Å². The topological polar surface area (TPSA) is 119 Å². The standard InChI is InChI=1S/C31H22Cl2N2O7S/c1-19-2-13-25(14-3-19)43(39,40)42-28-15-6-21(17-27(28)33)16-26-29(36)34-31(38)35(30(26)37)23-9-11-24(12-10-23)41-18-20-4-7-22(32)8-5-20/h2-17H,18H2,1H3,(H,34,36,38)/b26-16+. The van der Waals surface area contributed by atoms with Crippen molar-refractivity contribution in [3.05, 3.63) is 123 Å². The van der Waals surface area contributed by atoms with Crippen LogP contribution in [0.25, 0.3) is 6.08 Å². The Morgan fingerprint density at radius 1 is 0.860 bits per heavy atom. The Labute approximate surface area is 257 Å². The van der Waals surface area contributed by atoms with Crippen LogP contribution >= 0.6 is 23.2 Å². The molecule has 1 saturated heterocycles. The van der Waals surface area contributed by atoms with E-state index in [1.807, 2.05) is 19.1 Å². The molecule has 218 valence electrons. The highest BCUT2D eigenvalue weighted by Crippen LogP contribution is 2.30. The summed E-state index contributed by atoms with van der Waals surface area (Å²) in [6.45, 7) is 2.11. The molecule has 1 heterocycles. The van der Waals surface area contributed by atoms with E-state index in [-0.39, 0.29) is 33.5 Å². The molecule has 0 unspecified atom stereocenters. The molecule has 4 aromatic rings. The number of nitrogens with one attached hydrogen (secondary N) is 1. The van der Waals surface area contributed by atoms with E-state index in [4.69, 9.17) is 32.1 Å². The molecule has 5 rings (SSSR count). The molecule has 1 aliphatic heterocycles. The van der Waals surface area contributed by atoms with Gasteiger partial charge in [-0.15, -0.1) is 0 Å². The number of aryl methyl sites for hydroxylation is 1. The molecule has 0 aromatic heterocycles. The highest BCUT2D eigenvalue weighted by molar-refractivity contribution is 7.87.